The Morgan fingerprint density at radius 2 is 2.16 bits per heavy atom. The molecule has 1 saturated carbocycles. The molecule has 0 amide bonds. The third-order valence-corrected chi connectivity index (χ3v) is 3.67. The summed E-state index contributed by atoms with van der Waals surface area (Å²) in [6, 6.07) is 6.18. The molecular formula is C14H19N3O2. The number of benzene rings is 1. The number of rotatable bonds is 3. The van der Waals surface area contributed by atoms with Gasteiger partial charge in [0, 0.05) is 19.2 Å². The molecule has 0 bridgehead atoms. The maximum Gasteiger partial charge on any atom is 0.294 e. The Kier molecular flexibility index (Phi) is 3.29. The van der Waals surface area contributed by atoms with Crippen LogP contribution < -0.4 is 10.5 Å². The molecule has 1 aliphatic carbocycles. The van der Waals surface area contributed by atoms with Crippen LogP contribution >= 0.6 is 0 Å². The molecule has 1 aromatic heterocycles. The van der Waals surface area contributed by atoms with E-state index in [1.807, 2.05) is 18.2 Å². The van der Waals surface area contributed by atoms with Crippen molar-refractivity contribution in [1.82, 2.24) is 9.97 Å². The van der Waals surface area contributed by atoms with Crippen molar-refractivity contribution in [2.45, 2.75) is 37.9 Å². The van der Waals surface area contributed by atoms with Gasteiger partial charge >= 0.3 is 0 Å². The Bertz CT molecular complexity index is 567. The summed E-state index contributed by atoms with van der Waals surface area (Å²) in [6.45, 7) is 0. The number of hydrogen-bond acceptors (Lipinski definition) is 4. The predicted molar refractivity (Wildman–Crippen MR) is 74.2 cm³/mol. The number of nitrogen functional groups attached to an aromatic ring is 1. The minimum absolute atomic E-state index is 0.177. The molecule has 2 atom stereocenters. The van der Waals surface area contributed by atoms with Crippen LogP contribution in [0.25, 0.3) is 11.0 Å². The number of methoxy groups -OCH3 is 1. The van der Waals surface area contributed by atoms with Gasteiger partial charge < -0.3 is 20.2 Å². The van der Waals surface area contributed by atoms with Gasteiger partial charge in [0.15, 0.2) is 0 Å². The zero-order chi connectivity index (χ0) is 13.2. The fraction of sp³-hybridized carbons (Fsp3) is 0.500. The molecule has 0 spiro atoms. The highest BCUT2D eigenvalue weighted by Gasteiger charge is 2.23. The summed E-state index contributed by atoms with van der Waals surface area (Å²) < 4.78 is 11.3. The summed E-state index contributed by atoms with van der Waals surface area (Å²) in [6.07, 6.45) is 4.72. The van der Waals surface area contributed by atoms with Crippen LogP contribution in [0, 0.1) is 0 Å². The molecule has 3 rings (SSSR count). The molecule has 1 fully saturated rings. The number of hydrogen-bond donors (Lipinski definition) is 2. The number of aromatic amines is 1. The lowest BCUT2D eigenvalue weighted by molar-refractivity contribution is 0.0183. The molecule has 1 heterocycles. The first-order valence-corrected chi connectivity index (χ1v) is 6.69. The van der Waals surface area contributed by atoms with Crippen molar-refractivity contribution in [2.24, 2.45) is 0 Å². The first kappa shape index (κ1) is 12.3. The zero-order valence-corrected chi connectivity index (χ0v) is 11.1. The minimum Gasteiger partial charge on any atom is -0.461 e. The van der Waals surface area contributed by atoms with Gasteiger partial charge in [0.2, 0.25) is 0 Å². The topological polar surface area (TPSA) is 73.2 Å². The van der Waals surface area contributed by atoms with Crippen molar-refractivity contribution in [3.05, 3.63) is 18.2 Å². The van der Waals surface area contributed by atoms with E-state index in [-0.39, 0.29) is 6.10 Å². The van der Waals surface area contributed by atoms with Crippen LogP contribution in [0.15, 0.2) is 18.2 Å². The molecule has 5 nitrogen and oxygen atoms in total. The fourth-order valence-corrected chi connectivity index (χ4v) is 2.64. The molecule has 19 heavy (non-hydrogen) atoms. The number of imidazole rings is 1. The Morgan fingerprint density at radius 1 is 1.32 bits per heavy atom. The average molecular weight is 261 g/mol. The maximum atomic E-state index is 5.92. The Hall–Kier alpha value is -1.75. The number of H-pyrrole nitrogens is 1. The monoisotopic (exact) mass is 261 g/mol. The van der Waals surface area contributed by atoms with Gasteiger partial charge in [-0.2, -0.15) is 4.98 Å². The molecule has 0 radical (unpaired) electrons. The summed E-state index contributed by atoms with van der Waals surface area (Å²) in [5.41, 5.74) is 8.26. The zero-order valence-electron chi connectivity index (χ0n) is 11.1. The Balaban J connectivity index is 1.74. The highest BCUT2D eigenvalue weighted by Crippen LogP contribution is 2.25. The molecule has 0 saturated heterocycles. The minimum atomic E-state index is 0.177. The van der Waals surface area contributed by atoms with Gasteiger partial charge in [0.1, 0.15) is 6.10 Å². The molecular weight excluding hydrogens is 242 g/mol. The maximum absolute atomic E-state index is 5.92. The highest BCUT2D eigenvalue weighted by molar-refractivity contribution is 5.79. The summed E-state index contributed by atoms with van der Waals surface area (Å²) in [7, 11) is 1.76. The number of aromatic nitrogens is 2. The van der Waals surface area contributed by atoms with Crippen LogP contribution in [-0.4, -0.2) is 29.3 Å². The van der Waals surface area contributed by atoms with Gasteiger partial charge in [0.25, 0.3) is 6.01 Å². The van der Waals surface area contributed by atoms with E-state index in [0.717, 1.165) is 42.4 Å². The van der Waals surface area contributed by atoms with E-state index < -0.39 is 0 Å². The van der Waals surface area contributed by atoms with Crippen molar-refractivity contribution < 1.29 is 9.47 Å². The third kappa shape index (κ3) is 2.66. The van der Waals surface area contributed by atoms with Crippen molar-refractivity contribution in [3.8, 4) is 6.01 Å². The van der Waals surface area contributed by atoms with Gasteiger partial charge in [-0.15, -0.1) is 0 Å². The summed E-state index contributed by atoms with van der Waals surface area (Å²) in [4.78, 5) is 7.59. The first-order valence-electron chi connectivity index (χ1n) is 6.69. The second-order valence-corrected chi connectivity index (χ2v) is 5.08. The number of fused-ring (bicyclic) bond motifs is 1. The largest absolute Gasteiger partial charge is 0.461 e. The quantitative estimate of drug-likeness (QED) is 0.832. The summed E-state index contributed by atoms with van der Waals surface area (Å²) >= 11 is 0. The molecule has 3 N–H and O–H groups in total. The van der Waals surface area contributed by atoms with E-state index in [0.29, 0.717) is 12.1 Å². The number of ether oxygens (including phenoxy) is 2. The number of nitrogens with zero attached hydrogens (tertiary/aromatic N) is 1. The SMILES string of the molecule is COC1CCCC(Oc2nc3ccc(N)cc3[nH]2)C1. The third-order valence-electron chi connectivity index (χ3n) is 3.67. The molecule has 102 valence electrons. The second-order valence-electron chi connectivity index (χ2n) is 5.08. The Labute approximate surface area is 112 Å². The number of nitrogens with one attached hydrogen (secondary N) is 1. The number of anilines is 1. The summed E-state index contributed by atoms with van der Waals surface area (Å²) in [5.74, 6) is 0. The van der Waals surface area contributed by atoms with Crippen molar-refractivity contribution in [2.75, 3.05) is 12.8 Å². The fourth-order valence-electron chi connectivity index (χ4n) is 2.64. The molecule has 1 aromatic carbocycles. The van der Waals surface area contributed by atoms with Crippen molar-refractivity contribution in [1.29, 1.82) is 0 Å². The highest BCUT2D eigenvalue weighted by atomic mass is 16.5. The van der Waals surface area contributed by atoms with E-state index in [1.165, 1.54) is 0 Å². The Morgan fingerprint density at radius 3 is 3.00 bits per heavy atom. The van der Waals surface area contributed by atoms with E-state index in [2.05, 4.69) is 9.97 Å². The van der Waals surface area contributed by atoms with Crippen LogP contribution in [0.3, 0.4) is 0 Å². The van der Waals surface area contributed by atoms with Gasteiger partial charge in [-0.3, -0.25) is 0 Å². The van der Waals surface area contributed by atoms with Gasteiger partial charge in [-0.05, 0) is 37.5 Å². The average Bonchev–Trinajstić information content (AvgIpc) is 2.80. The molecule has 0 aliphatic heterocycles. The number of nitrogens with two attached hydrogens (primary N) is 1. The standard InChI is InChI=1S/C14H19N3O2/c1-18-10-3-2-4-11(8-10)19-14-16-12-6-5-9(15)7-13(12)17-14/h5-7,10-11H,2-4,8,15H2,1H3,(H,16,17). The van der Waals surface area contributed by atoms with E-state index >= 15 is 0 Å². The van der Waals surface area contributed by atoms with Gasteiger partial charge in [-0.1, -0.05) is 0 Å². The van der Waals surface area contributed by atoms with Gasteiger partial charge in [-0.25, -0.2) is 0 Å². The lowest BCUT2D eigenvalue weighted by atomic mass is 9.95. The van der Waals surface area contributed by atoms with E-state index in [4.69, 9.17) is 15.2 Å². The smallest absolute Gasteiger partial charge is 0.294 e. The van der Waals surface area contributed by atoms with Crippen LogP contribution in [0.1, 0.15) is 25.7 Å². The van der Waals surface area contributed by atoms with Crippen LogP contribution in [0.4, 0.5) is 5.69 Å². The first-order chi connectivity index (χ1) is 9.24. The van der Waals surface area contributed by atoms with E-state index in [9.17, 15) is 0 Å². The van der Waals surface area contributed by atoms with Crippen LogP contribution in [0.5, 0.6) is 6.01 Å². The molecule has 2 unspecified atom stereocenters. The molecule has 5 heteroatoms. The van der Waals surface area contributed by atoms with Crippen LogP contribution in [0.2, 0.25) is 0 Å². The lowest BCUT2D eigenvalue weighted by Gasteiger charge is -2.27. The predicted octanol–water partition coefficient (Wildman–Crippen LogP) is 2.48. The van der Waals surface area contributed by atoms with Gasteiger partial charge in [0.05, 0.1) is 17.1 Å². The van der Waals surface area contributed by atoms with Crippen molar-refractivity contribution >= 4 is 16.7 Å². The van der Waals surface area contributed by atoms with Crippen LogP contribution in [-0.2, 0) is 4.74 Å². The molecule has 1 aliphatic rings. The van der Waals surface area contributed by atoms with Crippen molar-refractivity contribution in [3.63, 3.8) is 0 Å². The molecule has 2 aromatic rings. The second kappa shape index (κ2) is 5.09. The van der Waals surface area contributed by atoms with E-state index in [1.54, 1.807) is 7.11 Å². The lowest BCUT2D eigenvalue weighted by Crippen LogP contribution is -2.29. The normalized spacial score (nSPS) is 23.6. The summed E-state index contributed by atoms with van der Waals surface area (Å²) in [5, 5.41) is 0.